The van der Waals surface area contributed by atoms with E-state index in [1.54, 1.807) is 0 Å². The molecule has 1 heterocycles. The quantitative estimate of drug-likeness (QED) is 0.331. The first-order valence-corrected chi connectivity index (χ1v) is 10.2. The van der Waals surface area contributed by atoms with Crippen LogP contribution in [0.5, 0.6) is 5.75 Å². The molecule has 142 valence electrons. The second kappa shape index (κ2) is 6.96. The Bertz CT molecular complexity index is 1000. The average molecular weight is 401 g/mol. The molecule has 1 aromatic heterocycles. The summed E-state index contributed by atoms with van der Waals surface area (Å²) >= 11 is 7.81. The standard InChI is InChI=1S/C23H25ClO2S/c1-22(2,3)14-11-12-17(16(13-14)23(4,5)6)26-21(25)20-19(24)15-9-7-8-10-18(15)27-20/h7-13H,1-6H3. The number of hydrogen-bond donors (Lipinski definition) is 0. The number of ether oxygens (including phenoxy) is 1. The highest BCUT2D eigenvalue weighted by atomic mass is 35.5. The van der Waals surface area contributed by atoms with Crippen LogP contribution in [0.2, 0.25) is 5.02 Å². The predicted octanol–water partition coefficient (Wildman–Crippen LogP) is 7.37. The van der Waals surface area contributed by atoms with Crippen molar-refractivity contribution < 1.29 is 9.53 Å². The van der Waals surface area contributed by atoms with E-state index in [4.69, 9.17) is 16.3 Å². The summed E-state index contributed by atoms with van der Waals surface area (Å²) in [6.07, 6.45) is 0. The molecule has 27 heavy (non-hydrogen) atoms. The molecular formula is C23H25ClO2S. The molecule has 3 rings (SSSR count). The first kappa shape index (κ1) is 19.9. The third-order valence-corrected chi connectivity index (χ3v) is 6.23. The van der Waals surface area contributed by atoms with Gasteiger partial charge in [-0.05, 0) is 28.5 Å². The Kier molecular flexibility index (Phi) is 5.13. The summed E-state index contributed by atoms with van der Waals surface area (Å²) in [6.45, 7) is 12.9. The van der Waals surface area contributed by atoms with Crippen LogP contribution >= 0.6 is 22.9 Å². The largest absolute Gasteiger partial charge is 0.422 e. The summed E-state index contributed by atoms with van der Waals surface area (Å²) in [6, 6.07) is 13.8. The molecule has 4 heteroatoms. The lowest BCUT2D eigenvalue weighted by Crippen LogP contribution is -2.19. The van der Waals surface area contributed by atoms with Gasteiger partial charge in [0.2, 0.25) is 0 Å². The fraction of sp³-hybridized carbons (Fsp3) is 0.348. The SMILES string of the molecule is CC(C)(C)c1ccc(OC(=O)c2sc3ccccc3c2Cl)c(C(C)(C)C)c1. The topological polar surface area (TPSA) is 26.3 Å². The van der Waals surface area contributed by atoms with Crippen molar-refractivity contribution in [2.24, 2.45) is 0 Å². The Morgan fingerprint density at radius 2 is 1.63 bits per heavy atom. The van der Waals surface area contributed by atoms with Crippen LogP contribution in [0.3, 0.4) is 0 Å². The molecule has 0 aliphatic rings. The second-order valence-electron chi connectivity index (χ2n) is 8.84. The molecule has 0 radical (unpaired) electrons. The van der Waals surface area contributed by atoms with Crippen molar-refractivity contribution in [2.45, 2.75) is 52.4 Å². The second-order valence-corrected chi connectivity index (χ2v) is 10.3. The summed E-state index contributed by atoms with van der Waals surface area (Å²) in [7, 11) is 0. The van der Waals surface area contributed by atoms with Crippen molar-refractivity contribution in [1.82, 2.24) is 0 Å². The first-order chi connectivity index (χ1) is 12.5. The summed E-state index contributed by atoms with van der Waals surface area (Å²) < 4.78 is 6.80. The molecule has 0 unspecified atom stereocenters. The zero-order chi connectivity index (χ0) is 20.0. The summed E-state index contributed by atoms with van der Waals surface area (Å²) in [4.78, 5) is 13.3. The molecule has 0 aliphatic heterocycles. The van der Waals surface area contributed by atoms with Gasteiger partial charge >= 0.3 is 5.97 Å². The van der Waals surface area contributed by atoms with Crippen LogP contribution in [0.15, 0.2) is 42.5 Å². The summed E-state index contributed by atoms with van der Waals surface area (Å²) in [5.74, 6) is 0.184. The smallest absolute Gasteiger partial charge is 0.355 e. The monoisotopic (exact) mass is 400 g/mol. The molecule has 0 spiro atoms. The molecule has 2 aromatic carbocycles. The number of benzene rings is 2. The van der Waals surface area contributed by atoms with Crippen LogP contribution in [-0.4, -0.2) is 5.97 Å². The van der Waals surface area contributed by atoms with Gasteiger partial charge in [0.05, 0.1) is 5.02 Å². The van der Waals surface area contributed by atoms with E-state index in [0.717, 1.165) is 15.6 Å². The fourth-order valence-electron chi connectivity index (χ4n) is 2.96. The lowest BCUT2D eigenvalue weighted by molar-refractivity contribution is 0.0737. The third kappa shape index (κ3) is 4.04. The fourth-order valence-corrected chi connectivity index (χ4v) is 4.35. The van der Waals surface area contributed by atoms with Crippen LogP contribution in [0, 0.1) is 0 Å². The van der Waals surface area contributed by atoms with Gasteiger partial charge in [0.15, 0.2) is 0 Å². The Morgan fingerprint density at radius 1 is 0.963 bits per heavy atom. The number of carbonyl (C=O) groups is 1. The van der Waals surface area contributed by atoms with Gasteiger partial charge in [-0.3, -0.25) is 0 Å². The molecular weight excluding hydrogens is 376 g/mol. The van der Waals surface area contributed by atoms with Gasteiger partial charge in [-0.1, -0.05) is 83.5 Å². The van der Waals surface area contributed by atoms with Gasteiger partial charge in [-0.2, -0.15) is 0 Å². The van der Waals surface area contributed by atoms with Gasteiger partial charge < -0.3 is 4.74 Å². The maximum absolute atomic E-state index is 12.9. The van der Waals surface area contributed by atoms with Crippen molar-refractivity contribution in [3.63, 3.8) is 0 Å². The number of rotatable bonds is 2. The van der Waals surface area contributed by atoms with Crippen LogP contribution in [0.1, 0.15) is 62.3 Å². The summed E-state index contributed by atoms with van der Waals surface area (Å²) in [5.41, 5.74) is 2.10. The van der Waals surface area contributed by atoms with Gasteiger partial charge in [-0.25, -0.2) is 4.79 Å². The minimum atomic E-state index is -0.407. The number of esters is 1. The molecule has 2 nitrogen and oxygen atoms in total. The molecule has 0 atom stereocenters. The number of carbonyl (C=O) groups excluding carboxylic acids is 1. The van der Waals surface area contributed by atoms with Crippen molar-refractivity contribution in [3.05, 3.63) is 63.5 Å². The van der Waals surface area contributed by atoms with Gasteiger partial charge in [0.25, 0.3) is 0 Å². The van der Waals surface area contributed by atoms with E-state index in [2.05, 4.69) is 47.6 Å². The Labute approximate surface area is 170 Å². The molecule has 0 saturated heterocycles. The molecule has 0 N–H and O–H groups in total. The molecule has 0 aliphatic carbocycles. The highest BCUT2D eigenvalue weighted by Crippen LogP contribution is 2.38. The van der Waals surface area contributed by atoms with Crippen molar-refractivity contribution >= 4 is 39.0 Å². The molecule has 0 amide bonds. The molecule has 0 bridgehead atoms. The molecule has 0 saturated carbocycles. The van der Waals surface area contributed by atoms with Gasteiger partial charge in [0, 0.05) is 15.6 Å². The van der Waals surface area contributed by atoms with Crippen molar-refractivity contribution in [2.75, 3.05) is 0 Å². The normalized spacial score (nSPS) is 12.4. The predicted molar refractivity (Wildman–Crippen MR) is 116 cm³/mol. The number of fused-ring (bicyclic) bond motifs is 1. The maximum atomic E-state index is 12.9. The zero-order valence-corrected chi connectivity index (χ0v) is 18.2. The number of halogens is 1. The van der Waals surface area contributed by atoms with Crippen LogP contribution in [-0.2, 0) is 10.8 Å². The van der Waals surface area contributed by atoms with Crippen molar-refractivity contribution in [3.8, 4) is 5.75 Å². The van der Waals surface area contributed by atoms with E-state index in [1.165, 1.54) is 16.9 Å². The highest BCUT2D eigenvalue weighted by molar-refractivity contribution is 7.21. The van der Waals surface area contributed by atoms with Crippen molar-refractivity contribution in [1.29, 1.82) is 0 Å². The number of thiophene rings is 1. The average Bonchev–Trinajstić information content (AvgIpc) is 2.90. The number of hydrogen-bond acceptors (Lipinski definition) is 3. The van der Waals surface area contributed by atoms with E-state index < -0.39 is 5.97 Å². The van der Waals surface area contributed by atoms with Crippen LogP contribution in [0.25, 0.3) is 10.1 Å². The highest BCUT2D eigenvalue weighted by Gasteiger charge is 2.26. The van der Waals surface area contributed by atoms with E-state index in [-0.39, 0.29) is 10.8 Å². The molecule has 3 aromatic rings. The van der Waals surface area contributed by atoms with Gasteiger partial charge in [0.1, 0.15) is 10.6 Å². The van der Waals surface area contributed by atoms with E-state index >= 15 is 0 Å². The lowest BCUT2D eigenvalue weighted by atomic mass is 9.80. The first-order valence-electron chi connectivity index (χ1n) is 9.02. The van der Waals surface area contributed by atoms with Crippen LogP contribution < -0.4 is 4.74 Å². The third-order valence-electron chi connectivity index (χ3n) is 4.58. The lowest BCUT2D eigenvalue weighted by Gasteiger charge is -2.26. The summed E-state index contributed by atoms with van der Waals surface area (Å²) in [5, 5.41) is 1.35. The zero-order valence-electron chi connectivity index (χ0n) is 16.6. The van der Waals surface area contributed by atoms with E-state index in [9.17, 15) is 4.79 Å². The Hall–Kier alpha value is -1.84. The molecule has 0 fully saturated rings. The minimum absolute atomic E-state index is 0.0251. The van der Waals surface area contributed by atoms with Crippen LogP contribution in [0.4, 0.5) is 0 Å². The van der Waals surface area contributed by atoms with E-state index in [1.807, 2.05) is 36.4 Å². The Morgan fingerprint density at radius 3 is 2.22 bits per heavy atom. The maximum Gasteiger partial charge on any atom is 0.355 e. The van der Waals surface area contributed by atoms with E-state index in [0.29, 0.717) is 15.6 Å². The Balaban J connectivity index is 2.01. The minimum Gasteiger partial charge on any atom is -0.422 e. The van der Waals surface area contributed by atoms with Gasteiger partial charge in [-0.15, -0.1) is 11.3 Å².